The van der Waals surface area contributed by atoms with Crippen LogP contribution < -0.4 is 10.2 Å². The molecular weight excluding hydrogens is 292 g/mol. The molecule has 2 nitrogen and oxygen atoms in total. The summed E-state index contributed by atoms with van der Waals surface area (Å²) in [5.74, 6) is 0. The Bertz CT molecular complexity index is 716. The normalized spacial score (nSPS) is 9.67. The van der Waals surface area contributed by atoms with Gasteiger partial charge in [0.15, 0.2) is 0 Å². The van der Waals surface area contributed by atoms with Crippen molar-refractivity contribution in [2.24, 2.45) is 0 Å². The van der Waals surface area contributed by atoms with Crippen LogP contribution in [0.1, 0.15) is 11.1 Å². The van der Waals surface area contributed by atoms with Gasteiger partial charge < -0.3 is 10.2 Å². The number of rotatable bonds is 3. The van der Waals surface area contributed by atoms with Crippen molar-refractivity contribution in [1.82, 2.24) is 0 Å². The van der Waals surface area contributed by atoms with Crippen molar-refractivity contribution in [3.8, 4) is 0 Å². The number of benzene rings is 3. The Morgan fingerprint density at radius 1 is 0.625 bits per heavy atom. The van der Waals surface area contributed by atoms with E-state index < -0.39 is 0 Å². The molecule has 3 aromatic rings. The van der Waals surface area contributed by atoms with E-state index in [-0.39, 0.29) is 0 Å². The summed E-state index contributed by atoms with van der Waals surface area (Å²) < 4.78 is 0. The second kappa shape index (κ2) is 8.78. The smallest absolute Gasteiger partial charge is 0.0408 e. The van der Waals surface area contributed by atoms with E-state index in [0.717, 1.165) is 0 Å². The van der Waals surface area contributed by atoms with Gasteiger partial charge in [0.1, 0.15) is 0 Å². The summed E-state index contributed by atoms with van der Waals surface area (Å²) in [5, 5.41) is 3.05. The number of nitrogens with zero attached hydrogens (tertiary/aromatic N) is 1. The van der Waals surface area contributed by atoms with Crippen LogP contribution in [-0.2, 0) is 0 Å². The average molecular weight is 318 g/mol. The molecule has 0 aliphatic carbocycles. The molecule has 0 saturated heterocycles. The van der Waals surface area contributed by atoms with Gasteiger partial charge in [-0.3, -0.25) is 0 Å². The number of nitrogens with one attached hydrogen (secondary N) is 1. The number of para-hydroxylation sites is 1. The third-order valence-electron chi connectivity index (χ3n) is 3.91. The number of hydrogen-bond donors (Lipinski definition) is 1. The molecule has 0 aliphatic rings. The van der Waals surface area contributed by atoms with Gasteiger partial charge in [-0.2, -0.15) is 0 Å². The van der Waals surface area contributed by atoms with E-state index in [0.29, 0.717) is 0 Å². The third kappa shape index (κ3) is 5.17. The molecular formula is C22H26N2. The molecule has 0 unspecified atom stereocenters. The van der Waals surface area contributed by atoms with Crippen molar-refractivity contribution in [2.75, 3.05) is 24.3 Å². The Labute approximate surface area is 145 Å². The molecule has 0 fully saturated rings. The first-order valence-corrected chi connectivity index (χ1v) is 8.20. The Morgan fingerprint density at radius 3 is 1.58 bits per heavy atom. The highest BCUT2D eigenvalue weighted by atomic mass is 15.1. The molecule has 0 amide bonds. The zero-order valence-corrected chi connectivity index (χ0v) is 15.0. The highest BCUT2D eigenvalue weighted by Gasteiger charge is 2.01. The van der Waals surface area contributed by atoms with Crippen molar-refractivity contribution < 1.29 is 0 Å². The van der Waals surface area contributed by atoms with Crippen LogP contribution in [0.5, 0.6) is 0 Å². The van der Waals surface area contributed by atoms with Gasteiger partial charge in [-0.15, -0.1) is 0 Å². The van der Waals surface area contributed by atoms with Gasteiger partial charge >= 0.3 is 0 Å². The van der Waals surface area contributed by atoms with E-state index in [1.54, 1.807) is 0 Å². The van der Waals surface area contributed by atoms with E-state index in [4.69, 9.17) is 0 Å². The summed E-state index contributed by atoms with van der Waals surface area (Å²) in [5.41, 5.74) is 6.18. The predicted molar refractivity (Wildman–Crippen MR) is 106 cm³/mol. The van der Waals surface area contributed by atoms with Crippen LogP contribution in [0.15, 0.2) is 78.9 Å². The lowest BCUT2D eigenvalue weighted by Gasteiger charge is -2.19. The average Bonchev–Trinajstić information content (AvgIpc) is 2.64. The molecule has 0 radical (unpaired) electrons. The minimum atomic E-state index is 1.17. The van der Waals surface area contributed by atoms with Gasteiger partial charge in [-0.25, -0.2) is 0 Å². The van der Waals surface area contributed by atoms with Crippen LogP contribution in [0.2, 0.25) is 0 Å². The van der Waals surface area contributed by atoms with Crippen LogP contribution >= 0.6 is 0 Å². The quantitative estimate of drug-likeness (QED) is 0.656. The van der Waals surface area contributed by atoms with Crippen molar-refractivity contribution >= 4 is 17.1 Å². The number of aryl methyl sites for hydroxylation is 2. The lowest BCUT2D eigenvalue weighted by molar-refractivity contribution is 1.20. The van der Waals surface area contributed by atoms with E-state index in [9.17, 15) is 0 Å². The molecule has 0 aromatic heterocycles. The molecule has 1 N–H and O–H groups in total. The molecule has 3 aromatic carbocycles. The summed E-state index contributed by atoms with van der Waals surface area (Å²) in [6.45, 7) is 4.19. The van der Waals surface area contributed by atoms with Gasteiger partial charge in [0.05, 0.1) is 0 Å². The third-order valence-corrected chi connectivity index (χ3v) is 3.91. The summed E-state index contributed by atoms with van der Waals surface area (Å²) in [4.78, 5) is 2.18. The van der Waals surface area contributed by atoms with E-state index in [1.807, 2.05) is 13.1 Å². The minimum Gasteiger partial charge on any atom is -0.388 e. The molecule has 0 spiro atoms. The Balaban J connectivity index is 0.000000198. The monoisotopic (exact) mass is 318 g/mol. The van der Waals surface area contributed by atoms with Gasteiger partial charge in [0.25, 0.3) is 0 Å². The first-order valence-electron chi connectivity index (χ1n) is 8.20. The van der Waals surface area contributed by atoms with Crippen LogP contribution in [0, 0.1) is 13.8 Å². The molecule has 0 saturated carbocycles. The Kier molecular flexibility index (Phi) is 6.44. The molecule has 0 heterocycles. The SMILES string of the molecule is CNc1ccc(C)cc1.Cc1ccc(N(C)c2ccccc2)cc1. The van der Waals surface area contributed by atoms with Crippen molar-refractivity contribution in [1.29, 1.82) is 0 Å². The maximum Gasteiger partial charge on any atom is 0.0408 e. The van der Waals surface area contributed by atoms with Gasteiger partial charge in [0.2, 0.25) is 0 Å². The molecule has 0 bridgehead atoms. The lowest BCUT2D eigenvalue weighted by atomic mass is 10.2. The summed E-state index contributed by atoms with van der Waals surface area (Å²) in [6.07, 6.45) is 0. The Hall–Kier alpha value is -2.74. The first kappa shape index (κ1) is 17.6. The topological polar surface area (TPSA) is 15.3 Å². The molecule has 24 heavy (non-hydrogen) atoms. The summed E-state index contributed by atoms with van der Waals surface area (Å²) in [6, 6.07) is 27.2. The zero-order valence-electron chi connectivity index (χ0n) is 15.0. The fourth-order valence-electron chi connectivity index (χ4n) is 2.29. The predicted octanol–water partition coefficient (Wildman–Crippen LogP) is 5.80. The van der Waals surface area contributed by atoms with Crippen molar-refractivity contribution in [2.45, 2.75) is 13.8 Å². The molecule has 0 atom stereocenters. The first-order chi connectivity index (χ1) is 11.6. The molecule has 0 aliphatic heterocycles. The second-order valence-corrected chi connectivity index (χ2v) is 5.85. The second-order valence-electron chi connectivity index (χ2n) is 5.85. The van der Waals surface area contributed by atoms with Crippen molar-refractivity contribution in [3.05, 3.63) is 90.0 Å². The fourth-order valence-corrected chi connectivity index (χ4v) is 2.29. The summed E-state index contributed by atoms with van der Waals surface area (Å²) in [7, 11) is 4.00. The zero-order chi connectivity index (χ0) is 17.4. The minimum absolute atomic E-state index is 1.17. The molecule has 124 valence electrons. The fraction of sp³-hybridized carbons (Fsp3) is 0.182. The highest BCUT2D eigenvalue weighted by molar-refractivity contribution is 5.62. The van der Waals surface area contributed by atoms with Crippen LogP contribution in [0.3, 0.4) is 0 Å². The molecule has 3 rings (SSSR count). The standard InChI is InChI=1S/C14H15N.C8H11N/c1-12-8-10-14(11-9-12)15(2)13-6-4-3-5-7-13;1-7-3-5-8(9-2)6-4-7/h3-11H,1-2H3;3-6,9H,1-2H3. The number of hydrogen-bond acceptors (Lipinski definition) is 2. The van der Waals surface area contributed by atoms with Gasteiger partial charge in [-0.1, -0.05) is 53.6 Å². The van der Waals surface area contributed by atoms with Crippen molar-refractivity contribution in [3.63, 3.8) is 0 Å². The van der Waals surface area contributed by atoms with Crippen LogP contribution in [-0.4, -0.2) is 14.1 Å². The molecule has 2 heteroatoms. The summed E-state index contributed by atoms with van der Waals surface area (Å²) >= 11 is 0. The highest BCUT2D eigenvalue weighted by Crippen LogP contribution is 2.22. The van der Waals surface area contributed by atoms with E-state index >= 15 is 0 Å². The van der Waals surface area contributed by atoms with Crippen LogP contribution in [0.25, 0.3) is 0 Å². The number of anilines is 3. The largest absolute Gasteiger partial charge is 0.388 e. The maximum atomic E-state index is 3.05. The lowest BCUT2D eigenvalue weighted by Crippen LogP contribution is -2.08. The van der Waals surface area contributed by atoms with E-state index in [2.05, 4.69) is 104 Å². The van der Waals surface area contributed by atoms with Crippen LogP contribution in [0.4, 0.5) is 17.1 Å². The van der Waals surface area contributed by atoms with Gasteiger partial charge in [0, 0.05) is 31.2 Å². The maximum absolute atomic E-state index is 3.05. The van der Waals surface area contributed by atoms with Gasteiger partial charge in [-0.05, 0) is 50.2 Å². The van der Waals surface area contributed by atoms with E-state index in [1.165, 1.54) is 28.2 Å². The Morgan fingerprint density at radius 2 is 1.08 bits per heavy atom.